The molecule has 27 heavy (non-hydrogen) atoms. The van der Waals surface area contributed by atoms with E-state index in [0.29, 0.717) is 12.2 Å². The first-order valence-electron chi connectivity index (χ1n) is 8.75. The zero-order valence-corrected chi connectivity index (χ0v) is 15.6. The van der Waals surface area contributed by atoms with Crippen LogP contribution in [0.25, 0.3) is 10.9 Å². The number of nitrogens with zero attached hydrogens (tertiary/aromatic N) is 2. The molecule has 3 aromatic rings. The number of hydrogen-bond donors (Lipinski definition) is 2. The van der Waals surface area contributed by atoms with Crippen LogP contribution in [0, 0.1) is 5.82 Å². The first-order chi connectivity index (χ1) is 12.6. The van der Waals surface area contributed by atoms with Crippen LogP contribution in [0.15, 0.2) is 48.5 Å². The molecular formula is C20H22ClFN4O. The monoisotopic (exact) mass is 388 g/mol. The summed E-state index contributed by atoms with van der Waals surface area (Å²) >= 11 is 0. The maximum absolute atomic E-state index is 13.2. The van der Waals surface area contributed by atoms with Crippen molar-refractivity contribution in [2.75, 3.05) is 31.1 Å². The van der Waals surface area contributed by atoms with Gasteiger partial charge in [-0.05, 0) is 35.9 Å². The Balaban J connectivity index is 0.00000210. The Labute approximate surface area is 163 Å². The lowest BCUT2D eigenvalue weighted by Crippen LogP contribution is -2.43. The summed E-state index contributed by atoms with van der Waals surface area (Å²) in [6, 6.07) is 14.3. The summed E-state index contributed by atoms with van der Waals surface area (Å²) in [7, 11) is 0. The van der Waals surface area contributed by atoms with Crippen molar-refractivity contribution in [3.8, 4) is 0 Å². The standard InChI is InChI=1S/C20H21FN4O.ClH/c21-15-6-4-14(5-7-15)13-25-18-3-1-2-17(24-10-8-23-9-11-24)16(18)12-19(25)20(22)26;/h1-7,12,23H,8-11,13H2,(H2,22,26);1H. The molecule has 1 aliphatic rings. The molecule has 142 valence electrons. The number of amides is 1. The van der Waals surface area contributed by atoms with E-state index in [1.807, 2.05) is 22.8 Å². The minimum Gasteiger partial charge on any atom is -0.368 e. The highest BCUT2D eigenvalue weighted by Gasteiger charge is 2.19. The Morgan fingerprint density at radius 3 is 2.48 bits per heavy atom. The Morgan fingerprint density at radius 1 is 1.11 bits per heavy atom. The number of aromatic nitrogens is 1. The van der Waals surface area contributed by atoms with Gasteiger partial charge in [0.05, 0.1) is 5.52 Å². The van der Waals surface area contributed by atoms with Crippen LogP contribution < -0.4 is 16.0 Å². The second-order valence-electron chi connectivity index (χ2n) is 6.55. The van der Waals surface area contributed by atoms with Gasteiger partial charge in [-0.15, -0.1) is 12.4 Å². The van der Waals surface area contributed by atoms with Crippen LogP contribution in [0.5, 0.6) is 0 Å². The molecule has 0 radical (unpaired) electrons. The van der Waals surface area contributed by atoms with E-state index in [9.17, 15) is 9.18 Å². The van der Waals surface area contributed by atoms with E-state index in [1.165, 1.54) is 12.1 Å². The minimum absolute atomic E-state index is 0. The van der Waals surface area contributed by atoms with Gasteiger partial charge < -0.3 is 20.5 Å². The Morgan fingerprint density at radius 2 is 1.81 bits per heavy atom. The highest BCUT2D eigenvalue weighted by Crippen LogP contribution is 2.30. The van der Waals surface area contributed by atoms with E-state index in [2.05, 4.69) is 16.3 Å². The van der Waals surface area contributed by atoms with Crippen molar-refractivity contribution in [2.45, 2.75) is 6.54 Å². The quantitative estimate of drug-likeness (QED) is 0.722. The molecule has 1 amide bonds. The predicted molar refractivity (Wildman–Crippen MR) is 108 cm³/mol. The zero-order valence-electron chi connectivity index (χ0n) is 14.8. The summed E-state index contributed by atoms with van der Waals surface area (Å²) in [4.78, 5) is 14.4. The SMILES string of the molecule is Cl.NC(=O)c1cc2c(N3CCNCC3)cccc2n1Cc1ccc(F)cc1. The summed E-state index contributed by atoms with van der Waals surface area (Å²) in [6.45, 7) is 4.19. The molecule has 7 heteroatoms. The molecule has 5 nitrogen and oxygen atoms in total. The average Bonchev–Trinajstić information content (AvgIpc) is 3.03. The van der Waals surface area contributed by atoms with Gasteiger partial charge in [-0.3, -0.25) is 4.79 Å². The number of rotatable bonds is 4. The van der Waals surface area contributed by atoms with Crippen LogP contribution in [0.1, 0.15) is 16.1 Å². The maximum atomic E-state index is 13.2. The number of benzene rings is 2. The first kappa shape index (κ1) is 19.2. The van der Waals surface area contributed by atoms with Gasteiger partial charge in [0.15, 0.2) is 0 Å². The number of anilines is 1. The highest BCUT2D eigenvalue weighted by atomic mass is 35.5. The van der Waals surface area contributed by atoms with Gasteiger partial charge in [-0.2, -0.15) is 0 Å². The molecular weight excluding hydrogens is 367 g/mol. The molecule has 4 rings (SSSR count). The Hall–Kier alpha value is -2.57. The number of carbonyl (C=O) groups is 1. The number of carbonyl (C=O) groups excluding carboxylic acids is 1. The molecule has 2 aromatic carbocycles. The Kier molecular flexibility index (Phi) is 5.68. The van der Waals surface area contributed by atoms with Crippen molar-refractivity contribution >= 4 is 34.9 Å². The van der Waals surface area contributed by atoms with Crippen LogP contribution in [0.2, 0.25) is 0 Å². The minimum atomic E-state index is -0.463. The van der Waals surface area contributed by atoms with E-state index in [-0.39, 0.29) is 18.2 Å². The van der Waals surface area contributed by atoms with Crippen LogP contribution in [0.3, 0.4) is 0 Å². The van der Waals surface area contributed by atoms with Gasteiger partial charge in [-0.25, -0.2) is 4.39 Å². The summed E-state index contributed by atoms with van der Waals surface area (Å²) in [6.07, 6.45) is 0. The van der Waals surface area contributed by atoms with E-state index >= 15 is 0 Å². The zero-order chi connectivity index (χ0) is 18.1. The maximum Gasteiger partial charge on any atom is 0.265 e. The molecule has 1 saturated heterocycles. The molecule has 1 fully saturated rings. The van der Waals surface area contributed by atoms with Crippen LogP contribution in [0.4, 0.5) is 10.1 Å². The number of fused-ring (bicyclic) bond motifs is 1. The predicted octanol–water partition coefficient (Wildman–Crippen LogP) is 2.76. The normalized spacial score (nSPS) is 14.2. The van der Waals surface area contributed by atoms with E-state index in [0.717, 1.165) is 48.3 Å². The van der Waals surface area contributed by atoms with Crippen molar-refractivity contribution in [1.29, 1.82) is 0 Å². The molecule has 0 aliphatic carbocycles. The van der Waals surface area contributed by atoms with Gasteiger partial charge in [0, 0.05) is 43.8 Å². The van der Waals surface area contributed by atoms with E-state index in [4.69, 9.17) is 5.73 Å². The molecule has 1 aromatic heterocycles. The van der Waals surface area contributed by atoms with Crippen LogP contribution in [-0.2, 0) is 6.54 Å². The van der Waals surface area contributed by atoms with E-state index < -0.39 is 5.91 Å². The third-order valence-corrected chi connectivity index (χ3v) is 4.89. The number of primary amides is 1. The fraction of sp³-hybridized carbons (Fsp3) is 0.250. The van der Waals surface area contributed by atoms with Crippen molar-refractivity contribution in [2.24, 2.45) is 5.73 Å². The summed E-state index contributed by atoms with van der Waals surface area (Å²) in [5.74, 6) is -0.739. The number of nitrogens with two attached hydrogens (primary N) is 1. The first-order valence-corrected chi connectivity index (χ1v) is 8.75. The summed E-state index contributed by atoms with van der Waals surface area (Å²) in [5.41, 5.74) is 9.09. The largest absolute Gasteiger partial charge is 0.368 e. The van der Waals surface area contributed by atoms with Crippen LogP contribution in [-0.4, -0.2) is 36.7 Å². The van der Waals surface area contributed by atoms with E-state index in [1.54, 1.807) is 12.1 Å². The smallest absolute Gasteiger partial charge is 0.265 e. The van der Waals surface area contributed by atoms with Crippen molar-refractivity contribution in [3.05, 3.63) is 65.6 Å². The fourth-order valence-corrected chi connectivity index (χ4v) is 3.60. The van der Waals surface area contributed by atoms with Gasteiger partial charge in [0.2, 0.25) is 0 Å². The topological polar surface area (TPSA) is 63.3 Å². The van der Waals surface area contributed by atoms with Gasteiger partial charge >= 0.3 is 0 Å². The molecule has 0 unspecified atom stereocenters. The second kappa shape index (κ2) is 7.98. The molecule has 0 saturated carbocycles. The molecule has 1 aliphatic heterocycles. The molecule has 0 spiro atoms. The number of halogens is 2. The third-order valence-electron chi connectivity index (χ3n) is 4.89. The van der Waals surface area contributed by atoms with Crippen molar-refractivity contribution in [1.82, 2.24) is 9.88 Å². The van der Waals surface area contributed by atoms with Crippen molar-refractivity contribution in [3.63, 3.8) is 0 Å². The van der Waals surface area contributed by atoms with Gasteiger partial charge in [-0.1, -0.05) is 18.2 Å². The third kappa shape index (κ3) is 3.77. The summed E-state index contributed by atoms with van der Waals surface area (Å²) in [5, 5.41) is 4.37. The number of nitrogens with one attached hydrogen (secondary N) is 1. The number of hydrogen-bond acceptors (Lipinski definition) is 3. The second-order valence-corrected chi connectivity index (χ2v) is 6.55. The lowest BCUT2D eigenvalue weighted by Gasteiger charge is -2.30. The lowest BCUT2D eigenvalue weighted by atomic mass is 10.1. The Bertz CT molecular complexity index is 949. The van der Waals surface area contributed by atoms with Crippen molar-refractivity contribution < 1.29 is 9.18 Å². The molecule has 0 bridgehead atoms. The average molecular weight is 389 g/mol. The number of piperazine rings is 1. The van der Waals surface area contributed by atoms with Gasteiger partial charge in [0.1, 0.15) is 11.5 Å². The van der Waals surface area contributed by atoms with Gasteiger partial charge in [0.25, 0.3) is 5.91 Å². The highest BCUT2D eigenvalue weighted by molar-refractivity contribution is 6.02. The summed E-state index contributed by atoms with van der Waals surface area (Å²) < 4.78 is 15.1. The van der Waals surface area contributed by atoms with Crippen LogP contribution >= 0.6 is 12.4 Å². The molecule has 0 atom stereocenters. The molecule has 2 heterocycles. The lowest BCUT2D eigenvalue weighted by molar-refractivity contribution is 0.0992. The molecule has 3 N–H and O–H groups in total. The fourth-order valence-electron chi connectivity index (χ4n) is 3.60.